The summed E-state index contributed by atoms with van der Waals surface area (Å²) < 4.78 is 2.77. The van der Waals surface area contributed by atoms with Crippen LogP contribution in [-0.4, -0.2) is 102 Å². The van der Waals surface area contributed by atoms with Crippen LogP contribution in [-0.2, 0) is 48.6 Å². The topological polar surface area (TPSA) is 259 Å². The summed E-state index contributed by atoms with van der Waals surface area (Å²) in [5, 5.41) is 16.4. The summed E-state index contributed by atoms with van der Waals surface area (Å²) in [5.74, 6) is -0.529. The highest BCUT2D eigenvalue weighted by atomic mass is 16.2. The van der Waals surface area contributed by atoms with Crippen LogP contribution in [0.2, 0.25) is 0 Å². The van der Waals surface area contributed by atoms with Gasteiger partial charge in [0.25, 0.3) is 22.9 Å². The summed E-state index contributed by atoms with van der Waals surface area (Å²) in [4.78, 5) is 100. The van der Waals surface area contributed by atoms with Gasteiger partial charge in [0.05, 0.1) is 47.9 Å². The Morgan fingerprint density at radius 2 is 1.06 bits per heavy atom. The molecule has 0 unspecified atom stereocenters. The van der Waals surface area contributed by atoms with E-state index >= 15 is 0 Å². The van der Waals surface area contributed by atoms with Gasteiger partial charge in [0.1, 0.15) is 13.1 Å². The maximum Gasteiger partial charge on any atom is 0.293 e. The minimum atomic E-state index is -0.383. The van der Waals surface area contributed by atoms with Crippen LogP contribution in [0.15, 0.2) is 120 Å². The van der Waals surface area contributed by atoms with Crippen molar-refractivity contribution in [2.45, 2.75) is 52.9 Å². The van der Waals surface area contributed by atoms with E-state index in [-0.39, 0.29) is 72.6 Å². The lowest BCUT2D eigenvalue weighted by Crippen LogP contribution is -2.34. The number of aryl methyl sites for hydroxylation is 2. The third kappa shape index (κ3) is 12.8. The lowest BCUT2D eigenvalue weighted by molar-refractivity contribution is -0.122. The molecular formula is C51H56N14O6. The van der Waals surface area contributed by atoms with Crippen molar-refractivity contribution in [3.05, 3.63) is 176 Å². The summed E-state index contributed by atoms with van der Waals surface area (Å²) in [5.41, 5.74) is 6.65. The van der Waals surface area contributed by atoms with Gasteiger partial charge < -0.3 is 41.5 Å². The van der Waals surface area contributed by atoms with E-state index in [2.05, 4.69) is 56.5 Å². The fourth-order valence-corrected chi connectivity index (χ4v) is 7.65. The Morgan fingerprint density at radius 1 is 0.606 bits per heavy atom. The number of nitrogens with one attached hydrogen (secondary N) is 7. The first-order chi connectivity index (χ1) is 34.3. The number of carbonyl (C=O) groups excluding carboxylic acids is 4. The van der Waals surface area contributed by atoms with Crippen molar-refractivity contribution in [3.8, 4) is 0 Å². The molecule has 0 bridgehead atoms. The molecular weight excluding hydrogens is 905 g/mol. The molecule has 8 aromatic rings. The van der Waals surface area contributed by atoms with Crippen LogP contribution >= 0.6 is 0 Å². The van der Waals surface area contributed by atoms with Crippen molar-refractivity contribution < 1.29 is 19.2 Å². The van der Waals surface area contributed by atoms with Crippen LogP contribution in [0.25, 0.3) is 21.8 Å². The summed E-state index contributed by atoms with van der Waals surface area (Å²) in [6.45, 7) is 4.52. The molecule has 0 aliphatic rings. The summed E-state index contributed by atoms with van der Waals surface area (Å²) in [6, 6.07) is 22.4. The van der Waals surface area contributed by atoms with E-state index in [4.69, 9.17) is 0 Å². The van der Waals surface area contributed by atoms with E-state index in [9.17, 15) is 28.8 Å². The van der Waals surface area contributed by atoms with Crippen LogP contribution in [0.1, 0.15) is 54.6 Å². The van der Waals surface area contributed by atoms with Gasteiger partial charge in [-0.3, -0.25) is 47.9 Å². The predicted octanol–water partition coefficient (Wildman–Crippen LogP) is 3.86. The first-order valence-electron chi connectivity index (χ1n) is 22.9. The van der Waals surface area contributed by atoms with Crippen molar-refractivity contribution in [1.82, 2.24) is 59.9 Å². The summed E-state index contributed by atoms with van der Waals surface area (Å²) >= 11 is 0. The largest absolute Gasteiger partial charge is 0.365 e. The smallest absolute Gasteiger partial charge is 0.293 e. The molecule has 2 aromatic carbocycles. The highest BCUT2D eigenvalue weighted by Crippen LogP contribution is 2.15. The van der Waals surface area contributed by atoms with Gasteiger partial charge in [0, 0.05) is 92.3 Å². The van der Waals surface area contributed by atoms with E-state index in [1.807, 2.05) is 67.0 Å². The van der Waals surface area contributed by atoms with Crippen molar-refractivity contribution in [2.24, 2.45) is 0 Å². The molecule has 20 heteroatoms. The molecule has 0 aliphatic heterocycles. The van der Waals surface area contributed by atoms with E-state index in [0.29, 0.717) is 48.4 Å². The third-order valence-corrected chi connectivity index (χ3v) is 11.5. The molecule has 0 saturated heterocycles. The molecule has 8 rings (SSSR count). The molecule has 366 valence electrons. The fraction of sp³-hybridized carbons (Fsp3) is 0.255. The Labute approximate surface area is 408 Å². The summed E-state index contributed by atoms with van der Waals surface area (Å²) in [7, 11) is 5.01. The zero-order valence-corrected chi connectivity index (χ0v) is 40.1. The van der Waals surface area contributed by atoms with Gasteiger partial charge in [0.2, 0.25) is 11.8 Å². The Hall–Kier alpha value is -8.94. The molecule has 71 heavy (non-hydrogen) atoms. The Morgan fingerprint density at radius 3 is 1.52 bits per heavy atom. The van der Waals surface area contributed by atoms with Gasteiger partial charge in [-0.25, -0.2) is 9.97 Å². The molecule has 6 aromatic heterocycles. The standard InChI is InChI=1S/C26H29N7O3.C25H27N7O3/c1-17-13-31-24(28-11-8-18-6-4-5-7-21(18)25(35)32(2)3)26(36)33(17)16-23(34)30-14-20-12-19-9-10-27-22(19)15-29-20;1-16-12-31-23(28-10-7-17-5-3-4-6-20(17)24(34)26-2)25(35)32(16)15-22(33)30-13-19-11-18-8-9-27-21(18)14-29-19/h4-7,9-10,12-13,15,27H,8,11,14,16H2,1-3H3,(H,28,31)(H,30,34);3-6,8-9,11-12,14,27H,7,10,13,15H2,1-2H3,(H,26,34)(H,28,31)(H,30,33). The fourth-order valence-electron chi connectivity index (χ4n) is 7.65. The molecule has 4 amide bonds. The number of benzene rings is 2. The number of pyridine rings is 2. The van der Waals surface area contributed by atoms with Gasteiger partial charge >= 0.3 is 0 Å². The van der Waals surface area contributed by atoms with Gasteiger partial charge in [-0.1, -0.05) is 36.4 Å². The van der Waals surface area contributed by atoms with Crippen LogP contribution in [0.4, 0.5) is 11.6 Å². The van der Waals surface area contributed by atoms with E-state index in [1.165, 1.54) is 14.0 Å². The second-order valence-corrected chi connectivity index (χ2v) is 16.8. The van der Waals surface area contributed by atoms with Gasteiger partial charge in [0.15, 0.2) is 11.6 Å². The molecule has 0 radical (unpaired) electrons. The molecule has 0 spiro atoms. The second-order valence-electron chi connectivity index (χ2n) is 16.8. The molecule has 0 fully saturated rings. The number of nitrogens with zero attached hydrogens (tertiary/aromatic N) is 7. The van der Waals surface area contributed by atoms with Crippen molar-refractivity contribution in [1.29, 1.82) is 0 Å². The van der Waals surface area contributed by atoms with Crippen molar-refractivity contribution in [3.63, 3.8) is 0 Å². The molecule has 0 atom stereocenters. The zero-order valence-electron chi connectivity index (χ0n) is 40.1. The van der Waals surface area contributed by atoms with Gasteiger partial charge in [-0.05, 0) is 74.2 Å². The second kappa shape index (κ2) is 23.4. The first-order valence-corrected chi connectivity index (χ1v) is 22.9. The zero-order chi connectivity index (χ0) is 50.4. The number of carbonyl (C=O) groups is 4. The number of aromatic amines is 2. The van der Waals surface area contributed by atoms with Crippen LogP contribution in [0, 0.1) is 13.8 Å². The number of hydrogen-bond donors (Lipinski definition) is 7. The summed E-state index contributed by atoms with van der Waals surface area (Å²) in [6.07, 6.45) is 11.3. The monoisotopic (exact) mass is 960 g/mol. The highest BCUT2D eigenvalue weighted by Gasteiger charge is 2.16. The Kier molecular flexibility index (Phi) is 16.4. The van der Waals surface area contributed by atoms with Crippen molar-refractivity contribution in [2.75, 3.05) is 44.9 Å². The third-order valence-electron chi connectivity index (χ3n) is 11.5. The molecule has 7 N–H and O–H groups in total. The molecule has 6 heterocycles. The lowest BCUT2D eigenvalue weighted by Gasteiger charge is -2.15. The first kappa shape index (κ1) is 50.0. The van der Waals surface area contributed by atoms with Crippen LogP contribution in [0.3, 0.4) is 0 Å². The maximum absolute atomic E-state index is 13.0. The maximum atomic E-state index is 13.0. The minimum Gasteiger partial charge on any atom is -0.365 e. The van der Waals surface area contributed by atoms with E-state index in [1.54, 1.807) is 78.0 Å². The van der Waals surface area contributed by atoms with Crippen LogP contribution < -0.4 is 37.7 Å². The number of anilines is 2. The number of fused-ring (bicyclic) bond motifs is 2. The highest BCUT2D eigenvalue weighted by molar-refractivity contribution is 5.96. The van der Waals surface area contributed by atoms with Gasteiger partial charge in [-0.2, -0.15) is 0 Å². The average molecular weight is 961 g/mol. The predicted molar refractivity (Wildman–Crippen MR) is 271 cm³/mol. The number of H-pyrrole nitrogens is 2. The Bertz CT molecular complexity index is 3320. The van der Waals surface area contributed by atoms with E-state index in [0.717, 1.165) is 44.3 Å². The lowest BCUT2D eigenvalue weighted by atomic mass is 10.0. The molecule has 0 saturated carbocycles. The van der Waals surface area contributed by atoms with Crippen LogP contribution in [0.5, 0.6) is 0 Å². The average Bonchev–Trinajstić information content (AvgIpc) is 4.06. The molecule has 0 aliphatic carbocycles. The number of rotatable bonds is 18. The van der Waals surface area contributed by atoms with Crippen molar-refractivity contribution >= 4 is 57.1 Å². The molecule has 20 nitrogen and oxygen atoms in total. The SMILES string of the molecule is CNC(=O)c1ccccc1CCNc1ncc(C)n(CC(=O)NCc2cc3cc[nH]c3cn2)c1=O.Cc1cnc(NCCc2ccccc2C(=O)N(C)C)c(=O)n1CC(=O)NCc1cc2cc[nH]c2cn1. The minimum absolute atomic E-state index is 0.0735. The Balaban J connectivity index is 0.000000209. The number of amides is 4. The quantitative estimate of drug-likeness (QED) is 0.0647. The van der Waals surface area contributed by atoms with E-state index < -0.39 is 0 Å². The van der Waals surface area contributed by atoms with Gasteiger partial charge in [-0.15, -0.1) is 0 Å². The number of hydrogen-bond acceptors (Lipinski definition) is 12. The normalized spacial score (nSPS) is 10.8. The number of aromatic nitrogens is 8.